The second kappa shape index (κ2) is 5.91. The topological polar surface area (TPSA) is 49.5 Å². The highest BCUT2D eigenvalue weighted by molar-refractivity contribution is 6.31. The van der Waals surface area contributed by atoms with Crippen molar-refractivity contribution in [3.63, 3.8) is 0 Å². The average molecular weight is 269 g/mol. The van der Waals surface area contributed by atoms with E-state index in [1.54, 1.807) is 12.1 Å². The molecule has 1 aliphatic rings. The van der Waals surface area contributed by atoms with E-state index in [-0.39, 0.29) is 5.75 Å². The molecule has 2 atom stereocenters. The zero-order chi connectivity index (χ0) is 13.1. The third-order valence-electron chi connectivity index (χ3n) is 3.83. The van der Waals surface area contributed by atoms with Crippen LogP contribution in [-0.2, 0) is 6.54 Å². The van der Waals surface area contributed by atoms with Gasteiger partial charge in [0.2, 0.25) is 0 Å². The third-order valence-corrected chi connectivity index (χ3v) is 4.18. The molecule has 100 valence electrons. The van der Waals surface area contributed by atoms with Gasteiger partial charge in [-0.1, -0.05) is 24.6 Å². The number of piperidine rings is 1. The van der Waals surface area contributed by atoms with Crippen molar-refractivity contribution in [3.8, 4) is 5.75 Å². The monoisotopic (exact) mass is 268 g/mol. The lowest BCUT2D eigenvalue weighted by atomic mass is 9.92. The number of benzene rings is 1. The van der Waals surface area contributed by atoms with Gasteiger partial charge in [0.15, 0.2) is 0 Å². The van der Waals surface area contributed by atoms with Crippen LogP contribution >= 0.6 is 11.6 Å². The molecule has 3 N–H and O–H groups in total. The molecule has 0 spiro atoms. The molecular formula is C14H21ClN2O. The fraction of sp³-hybridized carbons (Fsp3) is 0.571. The van der Waals surface area contributed by atoms with Crippen LogP contribution in [0.15, 0.2) is 18.2 Å². The fourth-order valence-electron chi connectivity index (χ4n) is 2.66. The number of hydrogen-bond acceptors (Lipinski definition) is 3. The summed E-state index contributed by atoms with van der Waals surface area (Å²) in [6, 6.07) is 5.66. The minimum absolute atomic E-state index is 0.275. The Balaban J connectivity index is 2.12. The Hall–Kier alpha value is -0.770. The zero-order valence-electron chi connectivity index (χ0n) is 10.8. The van der Waals surface area contributed by atoms with E-state index in [0.717, 1.165) is 24.4 Å². The summed E-state index contributed by atoms with van der Waals surface area (Å²) in [5, 5.41) is 10.5. The molecule has 0 aliphatic carbocycles. The summed E-state index contributed by atoms with van der Waals surface area (Å²) in [5.74, 6) is 1.01. The lowest BCUT2D eigenvalue weighted by molar-refractivity contribution is 0.114. The van der Waals surface area contributed by atoms with Crippen molar-refractivity contribution in [1.29, 1.82) is 0 Å². The molecule has 0 radical (unpaired) electrons. The quantitative estimate of drug-likeness (QED) is 0.886. The molecule has 0 saturated carbocycles. The molecule has 2 unspecified atom stereocenters. The Morgan fingerprint density at radius 3 is 2.94 bits per heavy atom. The van der Waals surface area contributed by atoms with Crippen LogP contribution in [0.25, 0.3) is 0 Å². The van der Waals surface area contributed by atoms with Gasteiger partial charge in [-0.15, -0.1) is 0 Å². The SMILES string of the molecule is CC1CCN(Cc2c(O)cccc2Cl)C(CN)C1. The summed E-state index contributed by atoms with van der Waals surface area (Å²) in [4.78, 5) is 2.33. The minimum Gasteiger partial charge on any atom is -0.508 e. The van der Waals surface area contributed by atoms with E-state index in [9.17, 15) is 5.11 Å². The minimum atomic E-state index is 0.275. The molecule has 18 heavy (non-hydrogen) atoms. The van der Waals surface area contributed by atoms with E-state index in [1.165, 1.54) is 6.42 Å². The van der Waals surface area contributed by atoms with Crippen molar-refractivity contribution in [1.82, 2.24) is 4.90 Å². The number of aromatic hydroxyl groups is 1. The van der Waals surface area contributed by atoms with Crippen LogP contribution < -0.4 is 5.73 Å². The van der Waals surface area contributed by atoms with Gasteiger partial charge in [0.05, 0.1) is 0 Å². The van der Waals surface area contributed by atoms with E-state index in [1.807, 2.05) is 6.07 Å². The van der Waals surface area contributed by atoms with Crippen LogP contribution in [0.5, 0.6) is 5.75 Å². The lowest BCUT2D eigenvalue weighted by Crippen LogP contribution is -2.45. The van der Waals surface area contributed by atoms with Crippen LogP contribution in [0.4, 0.5) is 0 Å². The van der Waals surface area contributed by atoms with Gasteiger partial charge >= 0.3 is 0 Å². The first-order valence-corrected chi connectivity index (χ1v) is 6.90. The van der Waals surface area contributed by atoms with E-state index < -0.39 is 0 Å². The highest BCUT2D eigenvalue weighted by Crippen LogP contribution is 2.30. The molecule has 1 fully saturated rings. The maximum absolute atomic E-state index is 9.89. The Morgan fingerprint density at radius 1 is 1.50 bits per heavy atom. The third kappa shape index (κ3) is 2.97. The van der Waals surface area contributed by atoms with Gasteiger partial charge in [0.25, 0.3) is 0 Å². The Bertz CT molecular complexity index is 391. The number of phenolic OH excluding ortho intramolecular Hbond substituents is 1. The van der Waals surface area contributed by atoms with Crippen LogP contribution in [0.2, 0.25) is 5.02 Å². The zero-order valence-corrected chi connectivity index (χ0v) is 11.5. The molecule has 4 heteroatoms. The van der Waals surface area contributed by atoms with E-state index in [0.29, 0.717) is 24.2 Å². The average Bonchev–Trinajstić information content (AvgIpc) is 2.35. The van der Waals surface area contributed by atoms with Crippen LogP contribution in [0.1, 0.15) is 25.3 Å². The van der Waals surface area contributed by atoms with Gasteiger partial charge < -0.3 is 10.8 Å². The first-order valence-electron chi connectivity index (χ1n) is 6.52. The summed E-state index contributed by atoms with van der Waals surface area (Å²) >= 11 is 6.15. The van der Waals surface area contributed by atoms with Gasteiger partial charge in [-0.25, -0.2) is 0 Å². The molecular weight excluding hydrogens is 248 g/mol. The number of phenols is 1. The number of nitrogens with two attached hydrogens (primary N) is 1. The van der Waals surface area contributed by atoms with Crippen molar-refractivity contribution in [2.24, 2.45) is 11.7 Å². The lowest BCUT2D eigenvalue weighted by Gasteiger charge is -2.38. The highest BCUT2D eigenvalue weighted by atomic mass is 35.5. The molecule has 3 nitrogen and oxygen atoms in total. The first-order chi connectivity index (χ1) is 8.61. The summed E-state index contributed by atoms with van der Waals surface area (Å²) < 4.78 is 0. The van der Waals surface area contributed by atoms with Gasteiger partial charge in [-0.05, 0) is 37.4 Å². The number of nitrogens with zero attached hydrogens (tertiary/aromatic N) is 1. The summed E-state index contributed by atoms with van der Waals surface area (Å²) in [5.41, 5.74) is 6.66. The van der Waals surface area contributed by atoms with Gasteiger partial charge in [-0.3, -0.25) is 4.90 Å². The number of likely N-dealkylation sites (tertiary alicyclic amines) is 1. The summed E-state index contributed by atoms with van der Waals surface area (Å²) in [6.07, 6.45) is 2.31. The highest BCUT2D eigenvalue weighted by Gasteiger charge is 2.26. The van der Waals surface area contributed by atoms with E-state index >= 15 is 0 Å². The Morgan fingerprint density at radius 2 is 2.28 bits per heavy atom. The van der Waals surface area contributed by atoms with E-state index in [2.05, 4.69) is 11.8 Å². The summed E-state index contributed by atoms with van der Waals surface area (Å²) in [7, 11) is 0. The van der Waals surface area contributed by atoms with Crippen LogP contribution in [0, 0.1) is 5.92 Å². The predicted octanol–water partition coefficient (Wildman–Crippen LogP) is 2.60. The Kier molecular flexibility index (Phi) is 4.49. The van der Waals surface area contributed by atoms with Gasteiger partial charge in [-0.2, -0.15) is 0 Å². The van der Waals surface area contributed by atoms with Crippen molar-refractivity contribution < 1.29 is 5.11 Å². The van der Waals surface area contributed by atoms with Crippen molar-refractivity contribution in [2.75, 3.05) is 13.1 Å². The van der Waals surface area contributed by atoms with Crippen LogP contribution in [-0.4, -0.2) is 29.1 Å². The number of hydrogen-bond donors (Lipinski definition) is 2. The first kappa shape index (κ1) is 13.7. The van der Waals surface area contributed by atoms with Crippen molar-refractivity contribution in [3.05, 3.63) is 28.8 Å². The molecule has 0 bridgehead atoms. The van der Waals surface area contributed by atoms with Crippen molar-refractivity contribution >= 4 is 11.6 Å². The Labute approximate surface area is 114 Å². The molecule has 1 aromatic carbocycles. The normalized spacial score (nSPS) is 25.3. The molecule has 0 aromatic heterocycles. The van der Waals surface area contributed by atoms with Gasteiger partial charge in [0.1, 0.15) is 5.75 Å². The second-order valence-corrected chi connectivity index (χ2v) is 5.63. The molecule has 1 aliphatic heterocycles. The maximum Gasteiger partial charge on any atom is 0.121 e. The molecule has 1 aromatic rings. The fourth-order valence-corrected chi connectivity index (χ4v) is 2.89. The largest absolute Gasteiger partial charge is 0.508 e. The number of halogens is 1. The van der Waals surface area contributed by atoms with Gasteiger partial charge in [0, 0.05) is 29.7 Å². The van der Waals surface area contributed by atoms with E-state index in [4.69, 9.17) is 17.3 Å². The predicted molar refractivity (Wildman–Crippen MR) is 74.8 cm³/mol. The second-order valence-electron chi connectivity index (χ2n) is 5.23. The van der Waals surface area contributed by atoms with Crippen molar-refractivity contribution in [2.45, 2.75) is 32.4 Å². The maximum atomic E-state index is 9.89. The standard InChI is InChI=1S/C14H21ClN2O/c1-10-5-6-17(11(7-10)8-16)9-12-13(15)3-2-4-14(12)18/h2-4,10-11,18H,5-9,16H2,1H3. The molecule has 2 rings (SSSR count). The summed E-state index contributed by atoms with van der Waals surface area (Å²) in [6.45, 7) is 4.64. The molecule has 0 amide bonds. The molecule has 1 saturated heterocycles. The molecule has 1 heterocycles. The van der Waals surface area contributed by atoms with Crippen LogP contribution in [0.3, 0.4) is 0 Å². The number of rotatable bonds is 3. The smallest absolute Gasteiger partial charge is 0.121 e.